The van der Waals surface area contributed by atoms with Crippen molar-refractivity contribution in [1.82, 2.24) is 14.7 Å². The highest BCUT2D eigenvalue weighted by molar-refractivity contribution is 5.96. The number of benzene rings is 2. The molecule has 7 nitrogen and oxygen atoms in total. The highest BCUT2D eigenvalue weighted by Gasteiger charge is 2.23. The number of nitrogens with zero attached hydrogens (tertiary/aromatic N) is 3. The number of urea groups is 1. The largest absolute Gasteiger partial charge is 0.322 e. The van der Waals surface area contributed by atoms with Crippen LogP contribution in [0.15, 0.2) is 60.7 Å². The first-order chi connectivity index (χ1) is 16.0. The maximum absolute atomic E-state index is 13.5. The maximum atomic E-state index is 13.5. The highest BCUT2D eigenvalue weighted by Crippen LogP contribution is 2.26. The van der Waals surface area contributed by atoms with E-state index in [1.54, 1.807) is 10.7 Å². The quantitative estimate of drug-likeness (QED) is 0.488. The number of halogens is 1. The van der Waals surface area contributed by atoms with Crippen molar-refractivity contribution in [2.45, 2.75) is 40.0 Å². The van der Waals surface area contributed by atoms with E-state index in [2.05, 4.69) is 31.4 Å². The Kier molecular flexibility index (Phi) is 7.71. The molecule has 1 heterocycles. The van der Waals surface area contributed by atoms with E-state index in [4.69, 9.17) is 5.10 Å². The van der Waals surface area contributed by atoms with Crippen molar-refractivity contribution in [3.63, 3.8) is 0 Å². The van der Waals surface area contributed by atoms with Gasteiger partial charge in [0.25, 0.3) is 0 Å². The summed E-state index contributed by atoms with van der Waals surface area (Å²) < 4.78 is 15.2. The van der Waals surface area contributed by atoms with Gasteiger partial charge in [-0.3, -0.25) is 4.79 Å². The van der Waals surface area contributed by atoms with Crippen LogP contribution in [0.25, 0.3) is 5.69 Å². The van der Waals surface area contributed by atoms with Crippen LogP contribution in [0.2, 0.25) is 0 Å². The van der Waals surface area contributed by atoms with Crippen LogP contribution in [-0.2, 0) is 10.2 Å². The fourth-order valence-corrected chi connectivity index (χ4v) is 3.39. The molecule has 0 bridgehead atoms. The van der Waals surface area contributed by atoms with Gasteiger partial charge in [-0.15, -0.1) is 0 Å². The van der Waals surface area contributed by atoms with Crippen molar-refractivity contribution in [3.05, 3.63) is 72.2 Å². The van der Waals surface area contributed by atoms with Gasteiger partial charge in [-0.1, -0.05) is 58.9 Å². The zero-order valence-corrected chi connectivity index (χ0v) is 20.3. The van der Waals surface area contributed by atoms with Gasteiger partial charge in [0.2, 0.25) is 5.91 Å². The van der Waals surface area contributed by atoms with Crippen LogP contribution in [0.5, 0.6) is 0 Å². The summed E-state index contributed by atoms with van der Waals surface area (Å²) in [7, 11) is 0. The van der Waals surface area contributed by atoms with Gasteiger partial charge in [-0.25, -0.2) is 13.9 Å². The number of nitrogens with one attached hydrogen (secondary N) is 2. The summed E-state index contributed by atoms with van der Waals surface area (Å²) in [4.78, 5) is 27.3. The normalized spacial score (nSPS) is 11.4. The van der Waals surface area contributed by atoms with Crippen molar-refractivity contribution in [2.75, 3.05) is 23.7 Å². The number of hydrogen-bond acceptors (Lipinski definition) is 3. The molecule has 2 aromatic carbocycles. The number of anilines is 2. The Morgan fingerprint density at radius 2 is 1.74 bits per heavy atom. The fourth-order valence-electron chi connectivity index (χ4n) is 3.39. The first kappa shape index (κ1) is 25.0. The average Bonchev–Trinajstić information content (AvgIpc) is 3.18. The standard InChI is InChI=1S/C26H32FN5O2/c1-18(2)16-31(25(34)28-20-11-9-10-19(27)14-20)17-24(33)29-23-15-22(26(3,4)5)30-32(23)21-12-7-6-8-13-21/h6-15,18H,16-17H2,1-5H3,(H,28,34)(H,29,33). The molecular weight excluding hydrogens is 433 g/mol. The van der Waals surface area contributed by atoms with Crippen molar-refractivity contribution < 1.29 is 14.0 Å². The van der Waals surface area contributed by atoms with Crippen molar-refractivity contribution >= 4 is 23.4 Å². The first-order valence-corrected chi connectivity index (χ1v) is 11.3. The van der Waals surface area contributed by atoms with Crippen LogP contribution < -0.4 is 10.6 Å². The Labute approximate surface area is 200 Å². The smallest absolute Gasteiger partial charge is 0.315 e. The lowest BCUT2D eigenvalue weighted by molar-refractivity contribution is -0.116. The molecule has 0 fully saturated rings. The molecule has 180 valence electrons. The number of hydrogen-bond donors (Lipinski definition) is 2. The maximum Gasteiger partial charge on any atom is 0.322 e. The van der Waals surface area contributed by atoms with Crippen LogP contribution in [-0.4, -0.2) is 39.7 Å². The number of carbonyl (C=O) groups is 2. The van der Waals surface area contributed by atoms with Gasteiger partial charge < -0.3 is 15.5 Å². The summed E-state index contributed by atoms with van der Waals surface area (Å²) >= 11 is 0. The molecule has 0 aliphatic carbocycles. The molecule has 0 unspecified atom stereocenters. The van der Waals surface area contributed by atoms with Gasteiger partial charge >= 0.3 is 6.03 Å². The molecule has 2 N–H and O–H groups in total. The average molecular weight is 466 g/mol. The molecule has 1 aromatic heterocycles. The van der Waals surface area contributed by atoms with E-state index in [1.165, 1.54) is 23.1 Å². The molecule has 3 aromatic rings. The number of para-hydroxylation sites is 1. The number of aromatic nitrogens is 2. The topological polar surface area (TPSA) is 79.3 Å². The highest BCUT2D eigenvalue weighted by atomic mass is 19.1. The third kappa shape index (κ3) is 6.66. The molecule has 34 heavy (non-hydrogen) atoms. The van der Waals surface area contributed by atoms with E-state index < -0.39 is 11.8 Å². The van der Waals surface area contributed by atoms with E-state index in [0.29, 0.717) is 18.1 Å². The van der Waals surface area contributed by atoms with E-state index in [9.17, 15) is 14.0 Å². The van der Waals surface area contributed by atoms with Crippen LogP contribution in [0.1, 0.15) is 40.3 Å². The zero-order chi connectivity index (χ0) is 24.9. The Hall–Kier alpha value is -3.68. The van der Waals surface area contributed by atoms with Crippen molar-refractivity contribution in [1.29, 1.82) is 0 Å². The van der Waals surface area contributed by atoms with Crippen molar-refractivity contribution in [2.24, 2.45) is 5.92 Å². The minimum Gasteiger partial charge on any atom is -0.315 e. The van der Waals surface area contributed by atoms with Gasteiger partial charge in [-0.05, 0) is 36.2 Å². The molecule has 0 atom stereocenters. The zero-order valence-electron chi connectivity index (χ0n) is 20.3. The lowest BCUT2D eigenvalue weighted by atomic mass is 9.92. The SMILES string of the molecule is CC(C)CN(CC(=O)Nc1cc(C(C)(C)C)nn1-c1ccccc1)C(=O)Nc1cccc(F)c1. The van der Waals surface area contributed by atoms with E-state index in [-0.39, 0.29) is 23.8 Å². The molecule has 0 spiro atoms. The fraction of sp³-hybridized carbons (Fsp3) is 0.346. The molecule has 0 saturated carbocycles. The Morgan fingerprint density at radius 1 is 1.03 bits per heavy atom. The summed E-state index contributed by atoms with van der Waals surface area (Å²) in [6.07, 6.45) is 0. The molecule has 0 aliphatic rings. The molecule has 3 rings (SSSR count). The Balaban J connectivity index is 1.80. The van der Waals surface area contributed by atoms with Crippen LogP contribution in [0.3, 0.4) is 0 Å². The molecule has 0 radical (unpaired) electrons. The van der Waals surface area contributed by atoms with Gasteiger partial charge in [0.1, 0.15) is 18.2 Å². The Bertz CT molecular complexity index is 1140. The predicted octanol–water partition coefficient (Wildman–Crippen LogP) is 5.44. The minimum atomic E-state index is -0.471. The lowest BCUT2D eigenvalue weighted by Gasteiger charge is -2.24. The summed E-state index contributed by atoms with van der Waals surface area (Å²) in [6, 6.07) is 16.6. The summed E-state index contributed by atoms with van der Waals surface area (Å²) in [5.41, 5.74) is 1.76. The predicted molar refractivity (Wildman–Crippen MR) is 133 cm³/mol. The lowest BCUT2D eigenvalue weighted by Crippen LogP contribution is -2.42. The molecule has 0 aliphatic heterocycles. The van der Waals surface area contributed by atoms with Gasteiger partial charge in [-0.2, -0.15) is 5.10 Å². The van der Waals surface area contributed by atoms with Gasteiger partial charge in [0, 0.05) is 23.7 Å². The minimum absolute atomic E-state index is 0.133. The molecule has 3 amide bonds. The molecule has 8 heteroatoms. The molecular formula is C26H32FN5O2. The van der Waals surface area contributed by atoms with E-state index >= 15 is 0 Å². The van der Waals surface area contributed by atoms with Gasteiger partial charge in [0.05, 0.1) is 11.4 Å². The van der Waals surface area contributed by atoms with Crippen molar-refractivity contribution in [3.8, 4) is 5.69 Å². The van der Waals surface area contributed by atoms with Gasteiger partial charge in [0.15, 0.2) is 0 Å². The first-order valence-electron chi connectivity index (χ1n) is 11.3. The monoisotopic (exact) mass is 465 g/mol. The second kappa shape index (κ2) is 10.5. The molecule has 0 saturated heterocycles. The summed E-state index contributed by atoms with van der Waals surface area (Å²) in [5.74, 6) is -0.146. The second-order valence-electron chi connectivity index (χ2n) is 9.68. The summed E-state index contributed by atoms with van der Waals surface area (Å²) in [5, 5.41) is 10.3. The van der Waals surface area contributed by atoms with Crippen LogP contribution >= 0.6 is 0 Å². The van der Waals surface area contributed by atoms with E-state index in [0.717, 1.165) is 11.4 Å². The number of amides is 3. The number of carbonyl (C=O) groups excluding carboxylic acids is 2. The third-order valence-corrected chi connectivity index (χ3v) is 5.03. The number of rotatable bonds is 7. The summed E-state index contributed by atoms with van der Waals surface area (Å²) in [6.45, 7) is 10.3. The second-order valence-corrected chi connectivity index (χ2v) is 9.68. The van der Waals surface area contributed by atoms with E-state index in [1.807, 2.05) is 50.2 Å². The Morgan fingerprint density at radius 3 is 2.35 bits per heavy atom. The van der Waals surface area contributed by atoms with Crippen LogP contribution in [0.4, 0.5) is 20.7 Å². The van der Waals surface area contributed by atoms with Crippen LogP contribution in [0, 0.1) is 11.7 Å². The third-order valence-electron chi connectivity index (χ3n) is 5.03.